The minimum atomic E-state index is -0.0579. The molecule has 2 heterocycles. The predicted molar refractivity (Wildman–Crippen MR) is 82.9 cm³/mol. The highest BCUT2D eigenvalue weighted by molar-refractivity contribution is 8.00. The van der Waals surface area contributed by atoms with E-state index >= 15 is 0 Å². The summed E-state index contributed by atoms with van der Waals surface area (Å²) in [6.45, 7) is 3.12. The van der Waals surface area contributed by atoms with Crippen molar-refractivity contribution in [3.05, 3.63) is 47.3 Å². The summed E-state index contributed by atoms with van der Waals surface area (Å²) in [7, 11) is 0. The van der Waals surface area contributed by atoms with Crippen LogP contribution in [0.5, 0.6) is 0 Å². The minimum Gasteiger partial charge on any atom is -0.324 e. The van der Waals surface area contributed by atoms with Crippen LogP contribution in [-0.2, 0) is 11.3 Å². The largest absolute Gasteiger partial charge is 0.324 e. The molecule has 2 aromatic rings. The van der Waals surface area contributed by atoms with Gasteiger partial charge in [0.25, 0.3) is 0 Å². The molecule has 1 aliphatic rings. The fourth-order valence-corrected chi connectivity index (χ4v) is 3.68. The number of rotatable bonds is 4. The van der Waals surface area contributed by atoms with E-state index in [2.05, 4.69) is 16.4 Å². The van der Waals surface area contributed by atoms with Crippen molar-refractivity contribution in [2.45, 2.75) is 18.8 Å². The quantitative estimate of drug-likeness (QED) is 0.860. The molecule has 0 radical (unpaired) electrons. The summed E-state index contributed by atoms with van der Waals surface area (Å²) in [6.07, 6.45) is 1.85. The maximum Gasteiger partial charge on any atom is 0.233 e. The summed E-state index contributed by atoms with van der Waals surface area (Å²) in [6, 6.07) is 9.62. The Balaban J connectivity index is 1.80. The summed E-state index contributed by atoms with van der Waals surface area (Å²) < 4.78 is 1.71. The van der Waals surface area contributed by atoms with Gasteiger partial charge in [0, 0.05) is 6.54 Å². The van der Waals surface area contributed by atoms with E-state index in [9.17, 15) is 4.79 Å². The van der Waals surface area contributed by atoms with Gasteiger partial charge in [0.1, 0.15) is 11.1 Å². The molecule has 1 aromatic heterocycles. The molecular weight excluding hydrogens is 298 g/mol. The molecule has 1 unspecified atom stereocenters. The normalized spacial score (nSPS) is 17.7. The van der Waals surface area contributed by atoms with Crippen LogP contribution in [0.1, 0.15) is 29.1 Å². The lowest BCUT2D eigenvalue weighted by Crippen LogP contribution is -2.27. The van der Waals surface area contributed by atoms with Gasteiger partial charge in [-0.05, 0) is 18.6 Å². The lowest BCUT2D eigenvalue weighted by molar-refractivity contribution is -0.127. The van der Waals surface area contributed by atoms with Gasteiger partial charge in [0.15, 0.2) is 0 Å². The number of aromatic nitrogens is 3. The van der Waals surface area contributed by atoms with Crippen molar-refractivity contribution in [1.82, 2.24) is 19.9 Å². The first-order valence-electron chi connectivity index (χ1n) is 7.02. The van der Waals surface area contributed by atoms with Crippen molar-refractivity contribution in [3.8, 4) is 6.07 Å². The number of carbonyl (C=O) groups is 1. The van der Waals surface area contributed by atoms with Crippen molar-refractivity contribution in [2.75, 3.05) is 12.3 Å². The van der Waals surface area contributed by atoms with Gasteiger partial charge in [-0.3, -0.25) is 4.79 Å². The summed E-state index contributed by atoms with van der Waals surface area (Å²) >= 11 is 1.57. The maximum absolute atomic E-state index is 11.8. The highest BCUT2D eigenvalue weighted by atomic mass is 32.2. The number of amides is 1. The number of hydrogen-bond donors (Lipinski definition) is 0. The molecule has 6 nitrogen and oxygen atoms in total. The van der Waals surface area contributed by atoms with Crippen LogP contribution < -0.4 is 0 Å². The van der Waals surface area contributed by atoms with Gasteiger partial charge < -0.3 is 4.90 Å². The van der Waals surface area contributed by atoms with E-state index in [1.165, 1.54) is 0 Å². The number of nitriles is 1. The van der Waals surface area contributed by atoms with Gasteiger partial charge in [-0.2, -0.15) is 5.26 Å². The molecule has 0 spiro atoms. The zero-order valence-electron chi connectivity index (χ0n) is 12.1. The van der Waals surface area contributed by atoms with Crippen LogP contribution in [-0.4, -0.2) is 38.1 Å². The van der Waals surface area contributed by atoms with E-state index in [1.54, 1.807) is 22.5 Å². The van der Waals surface area contributed by atoms with Crippen LogP contribution in [0.25, 0.3) is 0 Å². The zero-order valence-corrected chi connectivity index (χ0v) is 13.0. The third-order valence-electron chi connectivity index (χ3n) is 3.59. The van der Waals surface area contributed by atoms with Crippen LogP contribution in [0, 0.1) is 11.3 Å². The first-order valence-corrected chi connectivity index (χ1v) is 8.07. The Kier molecular flexibility index (Phi) is 4.11. The van der Waals surface area contributed by atoms with Gasteiger partial charge in [-0.25, -0.2) is 4.68 Å². The molecule has 7 heteroatoms. The lowest BCUT2D eigenvalue weighted by atomic mass is 10.1. The summed E-state index contributed by atoms with van der Waals surface area (Å²) in [5.41, 5.74) is 2.33. The average Bonchev–Trinajstić information content (AvgIpc) is 3.14. The monoisotopic (exact) mass is 313 g/mol. The summed E-state index contributed by atoms with van der Waals surface area (Å²) in [4.78, 5) is 13.6. The van der Waals surface area contributed by atoms with Gasteiger partial charge >= 0.3 is 0 Å². The second kappa shape index (κ2) is 6.20. The Hall–Kier alpha value is -2.33. The molecule has 0 bridgehead atoms. The van der Waals surface area contributed by atoms with Crippen LogP contribution in [0.15, 0.2) is 30.5 Å². The zero-order chi connectivity index (χ0) is 15.5. The molecular formula is C15H15N5OS. The highest BCUT2D eigenvalue weighted by Gasteiger charge is 2.33. The SMILES string of the molecule is CCN1C(=O)CSC1c1cn(Cc2ccccc2C#N)nn1. The smallest absolute Gasteiger partial charge is 0.233 e. The molecule has 0 N–H and O–H groups in total. The van der Waals surface area contributed by atoms with E-state index in [4.69, 9.17) is 5.26 Å². The van der Waals surface area contributed by atoms with Crippen molar-refractivity contribution in [1.29, 1.82) is 5.26 Å². The Bertz CT molecular complexity index is 736. The van der Waals surface area contributed by atoms with Gasteiger partial charge in [-0.1, -0.05) is 23.4 Å². The van der Waals surface area contributed by atoms with Crippen LogP contribution in [0.3, 0.4) is 0 Å². The first kappa shape index (κ1) is 14.6. The third-order valence-corrected chi connectivity index (χ3v) is 4.81. The molecule has 1 atom stereocenters. The number of benzene rings is 1. The Morgan fingerprint density at radius 1 is 1.45 bits per heavy atom. The van der Waals surface area contributed by atoms with Crippen molar-refractivity contribution in [2.24, 2.45) is 0 Å². The van der Waals surface area contributed by atoms with E-state index in [0.29, 0.717) is 24.4 Å². The molecule has 0 saturated carbocycles. The maximum atomic E-state index is 11.8. The molecule has 1 aromatic carbocycles. The Labute approximate surface area is 132 Å². The number of thioether (sulfide) groups is 1. The van der Waals surface area contributed by atoms with Crippen molar-refractivity contribution in [3.63, 3.8) is 0 Å². The molecule has 3 rings (SSSR count). The molecule has 1 saturated heterocycles. The summed E-state index contributed by atoms with van der Waals surface area (Å²) in [5, 5.41) is 17.4. The highest BCUT2D eigenvalue weighted by Crippen LogP contribution is 2.37. The molecule has 1 aliphatic heterocycles. The van der Waals surface area contributed by atoms with Crippen LogP contribution in [0.4, 0.5) is 0 Å². The molecule has 1 fully saturated rings. The summed E-state index contributed by atoms with van der Waals surface area (Å²) in [5.74, 6) is 0.629. The second-order valence-corrected chi connectivity index (χ2v) is 6.02. The molecule has 112 valence electrons. The molecule has 0 aliphatic carbocycles. The van der Waals surface area contributed by atoms with E-state index in [0.717, 1.165) is 11.3 Å². The predicted octanol–water partition coefficient (Wildman–Crippen LogP) is 1.79. The third kappa shape index (κ3) is 2.70. The Morgan fingerprint density at radius 2 is 2.27 bits per heavy atom. The topological polar surface area (TPSA) is 74.8 Å². The standard InChI is InChI=1S/C15H15N5OS/c1-2-20-14(21)10-22-15(20)13-9-19(18-17-13)8-12-6-4-3-5-11(12)7-16/h3-6,9,15H,2,8,10H2,1H3. The second-order valence-electron chi connectivity index (χ2n) is 4.95. The minimum absolute atomic E-state index is 0.0579. The van der Waals surface area contributed by atoms with Gasteiger partial charge in [0.2, 0.25) is 5.91 Å². The fourth-order valence-electron chi connectivity index (χ4n) is 2.49. The van der Waals surface area contributed by atoms with E-state index in [-0.39, 0.29) is 11.3 Å². The van der Waals surface area contributed by atoms with Crippen molar-refractivity contribution >= 4 is 17.7 Å². The van der Waals surface area contributed by atoms with Crippen molar-refractivity contribution < 1.29 is 4.79 Å². The number of hydrogen-bond acceptors (Lipinski definition) is 5. The molecule has 1 amide bonds. The van der Waals surface area contributed by atoms with Gasteiger partial charge in [0.05, 0.1) is 30.1 Å². The number of nitrogens with zero attached hydrogens (tertiary/aromatic N) is 5. The van der Waals surface area contributed by atoms with Gasteiger partial charge in [-0.15, -0.1) is 16.9 Å². The number of carbonyl (C=O) groups excluding carboxylic acids is 1. The molecule has 22 heavy (non-hydrogen) atoms. The lowest BCUT2D eigenvalue weighted by Gasteiger charge is -2.19. The first-order chi connectivity index (χ1) is 10.7. The van der Waals surface area contributed by atoms with Crippen LogP contribution in [0.2, 0.25) is 0 Å². The average molecular weight is 313 g/mol. The van der Waals surface area contributed by atoms with E-state index < -0.39 is 0 Å². The Morgan fingerprint density at radius 3 is 3.05 bits per heavy atom. The van der Waals surface area contributed by atoms with Crippen LogP contribution >= 0.6 is 11.8 Å². The fraction of sp³-hybridized carbons (Fsp3) is 0.333. The van der Waals surface area contributed by atoms with E-state index in [1.807, 2.05) is 36.2 Å².